The van der Waals surface area contributed by atoms with Gasteiger partial charge in [0.2, 0.25) is 11.8 Å². The summed E-state index contributed by atoms with van der Waals surface area (Å²) in [5.41, 5.74) is 3.86. The molecule has 43 heavy (non-hydrogen) atoms. The highest BCUT2D eigenvalue weighted by molar-refractivity contribution is 5.96. The number of nitriles is 1. The minimum absolute atomic E-state index is 0.334. The van der Waals surface area contributed by atoms with Crippen molar-refractivity contribution in [2.75, 3.05) is 9.80 Å². The molecule has 0 aliphatic heterocycles. The maximum atomic E-state index is 11.3. The van der Waals surface area contributed by atoms with E-state index in [0.717, 1.165) is 22.7 Å². The molecule has 0 unspecified atom stereocenters. The predicted molar refractivity (Wildman–Crippen MR) is 167 cm³/mol. The summed E-state index contributed by atoms with van der Waals surface area (Å²) in [6.45, 7) is 0. The van der Waals surface area contributed by atoms with Crippen LogP contribution in [0.2, 0.25) is 0 Å². The predicted octanol–water partition coefficient (Wildman–Crippen LogP) is 9.47. The van der Waals surface area contributed by atoms with Crippen LogP contribution in [0.1, 0.15) is 5.56 Å². The molecule has 4 aromatic carbocycles. The summed E-state index contributed by atoms with van der Waals surface area (Å²) in [5, 5.41) is 18.3. The zero-order chi connectivity index (χ0) is 29.6. The minimum Gasteiger partial charge on any atom is -0.477 e. The molecular formula is C36H25N3O4. The second-order valence-electron chi connectivity index (χ2n) is 9.52. The van der Waals surface area contributed by atoms with E-state index < -0.39 is 5.97 Å². The largest absolute Gasteiger partial charge is 0.477 e. The van der Waals surface area contributed by atoms with Crippen molar-refractivity contribution in [3.63, 3.8) is 0 Å². The Balaban J connectivity index is 1.34. The average molecular weight is 564 g/mol. The van der Waals surface area contributed by atoms with Gasteiger partial charge in [-0.1, -0.05) is 66.7 Å². The lowest BCUT2D eigenvalue weighted by Crippen LogP contribution is -2.08. The van der Waals surface area contributed by atoms with Gasteiger partial charge >= 0.3 is 5.97 Å². The quantitative estimate of drug-likeness (QED) is 0.138. The molecule has 7 heteroatoms. The first kappa shape index (κ1) is 26.9. The van der Waals surface area contributed by atoms with Gasteiger partial charge < -0.3 is 13.9 Å². The number of carboxylic acid groups (broad SMARTS) is 1. The Bertz CT molecular complexity index is 1860. The van der Waals surface area contributed by atoms with E-state index in [1.54, 1.807) is 18.2 Å². The maximum Gasteiger partial charge on any atom is 0.346 e. The molecule has 6 aromatic rings. The van der Waals surface area contributed by atoms with Crippen LogP contribution in [0, 0.1) is 11.3 Å². The molecule has 0 bridgehead atoms. The number of carboxylic acids is 1. The Kier molecular flexibility index (Phi) is 7.57. The lowest BCUT2D eigenvalue weighted by Gasteiger charge is -2.22. The third-order valence-corrected chi connectivity index (χ3v) is 6.72. The standard InChI is InChI=1S/C36H25N3O4/c37-25-27(36(40)41)24-26-16-18-31(19-17-26)39(30-14-8-3-9-15-30)35-23-21-33(43-35)32-20-22-34(42-32)38(28-10-4-1-5-11-28)29-12-6-2-7-13-29/h1-24H,(H,40,41)/b27-24+. The highest BCUT2D eigenvalue weighted by Gasteiger charge is 2.20. The van der Waals surface area contributed by atoms with Gasteiger partial charge in [0.05, 0.1) is 0 Å². The first-order chi connectivity index (χ1) is 21.1. The fraction of sp³-hybridized carbons (Fsp3) is 0. The summed E-state index contributed by atoms with van der Waals surface area (Å²) in [4.78, 5) is 15.3. The fourth-order valence-electron chi connectivity index (χ4n) is 4.73. The van der Waals surface area contributed by atoms with Gasteiger partial charge in [0.15, 0.2) is 11.5 Å². The summed E-state index contributed by atoms with van der Waals surface area (Å²) in [6.07, 6.45) is 1.34. The molecule has 0 atom stereocenters. The van der Waals surface area contributed by atoms with E-state index in [1.165, 1.54) is 6.08 Å². The van der Waals surface area contributed by atoms with E-state index in [1.807, 2.05) is 137 Å². The van der Waals surface area contributed by atoms with Crippen LogP contribution in [0.15, 0.2) is 154 Å². The molecule has 208 valence electrons. The van der Waals surface area contributed by atoms with Crippen molar-refractivity contribution in [3.05, 3.63) is 151 Å². The van der Waals surface area contributed by atoms with Crippen LogP contribution < -0.4 is 9.80 Å². The van der Waals surface area contributed by atoms with Crippen LogP contribution in [0.5, 0.6) is 0 Å². The Hall–Kier alpha value is -6.26. The van der Waals surface area contributed by atoms with Crippen LogP contribution in [0.3, 0.4) is 0 Å². The van der Waals surface area contributed by atoms with Gasteiger partial charge in [-0.05, 0) is 72.3 Å². The normalized spacial score (nSPS) is 11.1. The van der Waals surface area contributed by atoms with Crippen molar-refractivity contribution in [2.45, 2.75) is 0 Å². The molecule has 0 aliphatic carbocycles. The summed E-state index contributed by atoms with van der Waals surface area (Å²) in [5.74, 6) is 1.07. The molecule has 0 aliphatic rings. The molecule has 0 radical (unpaired) electrons. The van der Waals surface area contributed by atoms with Crippen LogP contribution >= 0.6 is 0 Å². The van der Waals surface area contributed by atoms with Gasteiger partial charge in [0.25, 0.3) is 0 Å². The monoisotopic (exact) mass is 563 g/mol. The van der Waals surface area contributed by atoms with E-state index in [2.05, 4.69) is 0 Å². The first-order valence-corrected chi connectivity index (χ1v) is 13.5. The van der Waals surface area contributed by atoms with Gasteiger partial charge in [-0.15, -0.1) is 0 Å². The third-order valence-electron chi connectivity index (χ3n) is 6.72. The number of aliphatic carboxylic acids is 1. The van der Waals surface area contributed by atoms with E-state index in [9.17, 15) is 9.90 Å². The van der Waals surface area contributed by atoms with E-state index in [4.69, 9.17) is 14.1 Å². The Morgan fingerprint density at radius 2 is 0.977 bits per heavy atom. The molecule has 0 spiro atoms. The van der Waals surface area contributed by atoms with E-state index in [-0.39, 0.29) is 5.57 Å². The maximum absolute atomic E-state index is 11.3. The molecule has 0 saturated carbocycles. The van der Waals surface area contributed by atoms with E-state index >= 15 is 0 Å². The van der Waals surface area contributed by atoms with Gasteiger partial charge in [0, 0.05) is 34.9 Å². The van der Waals surface area contributed by atoms with Crippen molar-refractivity contribution >= 4 is 46.6 Å². The fourth-order valence-corrected chi connectivity index (χ4v) is 4.73. The summed E-state index contributed by atoms with van der Waals surface area (Å²) < 4.78 is 12.7. The summed E-state index contributed by atoms with van der Waals surface area (Å²) in [7, 11) is 0. The second kappa shape index (κ2) is 12.1. The number of hydrogen-bond donors (Lipinski definition) is 1. The molecule has 2 aromatic heterocycles. The van der Waals surface area contributed by atoms with Gasteiger partial charge in [-0.25, -0.2) is 4.79 Å². The number of rotatable bonds is 9. The number of hydrogen-bond acceptors (Lipinski definition) is 6. The Labute approximate surface area is 248 Å². The van der Waals surface area contributed by atoms with Crippen molar-refractivity contribution in [1.82, 2.24) is 0 Å². The summed E-state index contributed by atoms with van der Waals surface area (Å²) >= 11 is 0. The minimum atomic E-state index is -1.27. The lowest BCUT2D eigenvalue weighted by molar-refractivity contribution is -0.132. The number of furan rings is 2. The molecule has 7 nitrogen and oxygen atoms in total. The van der Waals surface area contributed by atoms with Crippen molar-refractivity contribution in [2.24, 2.45) is 0 Å². The molecule has 2 heterocycles. The molecule has 1 N–H and O–H groups in total. The van der Waals surface area contributed by atoms with Crippen molar-refractivity contribution in [3.8, 4) is 17.6 Å². The Morgan fingerprint density at radius 1 is 0.581 bits per heavy atom. The highest BCUT2D eigenvalue weighted by atomic mass is 16.4. The Morgan fingerprint density at radius 3 is 1.35 bits per heavy atom. The molecule has 0 amide bonds. The van der Waals surface area contributed by atoms with Crippen LogP contribution in [-0.2, 0) is 4.79 Å². The number of nitrogens with zero attached hydrogens (tertiary/aromatic N) is 3. The van der Waals surface area contributed by atoms with Gasteiger partial charge in [0.1, 0.15) is 11.6 Å². The number of para-hydroxylation sites is 3. The zero-order valence-electron chi connectivity index (χ0n) is 22.9. The highest BCUT2D eigenvalue weighted by Crippen LogP contribution is 2.41. The zero-order valence-corrected chi connectivity index (χ0v) is 22.9. The molecule has 6 rings (SSSR count). The van der Waals surface area contributed by atoms with Crippen molar-refractivity contribution in [1.29, 1.82) is 5.26 Å². The topological polar surface area (TPSA) is 93.9 Å². The number of benzene rings is 4. The third kappa shape index (κ3) is 5.80. The second-order valence-corrected chi connectivity index (χ2v) is 9.52. The number of carbonyl (C=O) groups is 1. The van der Waals surface area contributed by atoms with Crippen LogP contribution in [0.4, 0.5) is 34.5 Å². The van der Waals surface area contributed by atoms with Gasteiger partial charge in [-0.2, -0.15) is 5.26 Å². The molecule has 0 fully saturated rings. The van der Waals surface area contributed by atoms with E-state index in [0.29, 0.717) is 28.9 Å². The van der Waals surface area contributed by atoms with Gasteiger partial charge in [-0.3, -0.25) is 9.80 Å². The average Bonchev–Trinajstić information content (AvgIpc) is 3.73. The summed E-state index contributed by atoms with van der Waals surface area (Å²) in [6, 6.07) is 46.3. The smallest absolute Gasteiger partial charge is 0.346 e. The first-order valence-electron chi connectivity index (χ1n) is 13.5. The van der Waals surface area contributed by atoms with Crippen molar-refractivity contribution < 1.29 is 18.7 Å². The molecule has 0 saturated heterocycles. The molecular weight excluding hydrogens is 538 g/mol. The number of anilines is 6. The van der Waals surface area contributed by atoms with Crippen LogP contribution in [0.25, 0.3) is 17.6 Å². The van der Waals surface area contributed by atoms with Crippen LogP contribution in [-0.4, -0.2) is 11.1 Å². The SMILES string of the molecule is N#C/C(=C\c1ccc(N(c2ccccc2)c2ccc(-c3ccc(N(c4ccccc4)c4ccccc4)o3)o2)cc1)C(=O)O. The lowest BCUT2D eigenvalue weighted by atomic mass is 10.1.